The van der Waals surface area contributed by atoms with Crippen molar-refractivity contribution in [2.45, 2.75) is 18.9 Å². The molecule has 1 saturated carbocycles. The summed E-state index contributed by atoms with van der Waals surface area (Å²) < 4.78 is 14.0. The van der Waals surface area contributed by atoms with Crippen molar-refractivity contribution >= 4 is 28.3 Å². The number of amides is 2. The van der Waals surface area contributed by atoms with Crippen LogP contribution in [0.2, 0.25) is 0 Å². The monoisotopic (exact) mass is 440 g/mol. The van der Waals surface area contributed by atoms with E-state index in [-0.39, 0.29) is 23.7 Å². The zero-order valence-electron chi connectivity index (χ0n) is 17.7. The highest BCUT2D eigenvalue weighted by molar-refractivity contribution is 5.97. The molecule has 1 fully saturated rings. The Balaban J connectivity index is 1.18. The second kappa shape index (κ2) is 8.78. The number of hydrogen-bond acceptors (Lipinski definition) is 4. The van der Waals surface area contributed by atoms with E-state index in [9.17, 15) is 14.0 Å². The fourth-order valence-corrected chi connectivity index (χ4v) is 3.96. The van der Waals surface area contributed by atoms with E-state index in [0.29, 0.717) is 28.6 Å². The Labute approximate surface area is 189 Å². The van der Waals surface area contributed by atoms with Gasteiger partial charge in [-0.15, -0.1) is 0 Å². The van der Waals surface area contributed by atoms with Crippen molar-refractivity contribution in [2.75, 3.05) is 5.32 Å². The van der Waals surface area contributed by atoms with Crippen LogP contribution < -0.4 is 10.6 Å². The summed E-state index contributed by atoms with van der Waals surface area (Å²) in [5.74, 6) is -0.703. The van der Waals surface area contributed by atoms with E-state index in [2.05, 4.69) is 20.6 Å². The number of carbonyl (C=O) groups is 2. The summed E-state index contributed by atoms with van der Waals surface area (Å²) in [4.78, 5) is 32.9. The topological polar surface area (TPSA) is 84.0 Å². The van der Waals surface area contributed by atoms with Crippen LogP contribution in [0.15, 0.2) is 79.4 Å². The summed E-state index contributed by atoms with van der Waals surface area (Å²) in [6.07, 6.45) is 6.89. The van der Waals surface area contributed by atoms with Gasteiger partial charge in [0.1, 0.15) is 5.82 Å². The maximum absolute atomic E-state index is 14.0. The minimum Gasteiger partial charge on any atom is -0.348 e. The first-order valence-corrected chi connectivity index (χ1v) is 10.7. The summed E-state index contributed by atoms with van der Waals surface area (Å²) in [6.45, 7) is 0.411. The number of rotatable bonds is 6. The largest absolute Gasteiger partial charge is 0.348 e. The summed E-state index contributed by atoms with van der Waals surface area (Å²) in [7, 11) is 0. The summed E-state index contributed by atoms with van der Waals surface area (Å²) in [5.41, 5.74) is 3.08. The summed E-state index contributed by atoms with van der Waals surface area (Å²) in [6, 6.07) is 16.2. The minimum atomic E-state index is -0.419. The van der Waals surface area contributed by atoms with Crippen molar-refractivity contribution in [1.29, 1.82) is 0 Å². The number of aromatic nitrogens is 2. The molecule has 7 heteroatoms. The summed E-state index contributed by atoms with van der Waals surface area (Å²) >= 11 is 0. The predicted molar refractivity (Wildman–Crippen MR) is 123 cm³/mol. The molecule has 6 nitrogen and oxygen atoms in total. The zero-order valence-corrected chi connectivity index (χ0v) is 17.7. The van der Waals surface area contributed by atoms with Crippen molar-refractivity contribution in [3.63, 3.8) is 0 Å². The van der Waals surface area contributed by atoms with Gasteiger partial charge in [-0.05, 0) is 53.8 Å². The Hall–Kier alpha value is -4.13. The zero-order chi connectivity index (χ0) is 22.8. The normalized spacial score (nSPS) is 16.9. The number of fused-ring (bicyclic) bond motifs is 1. The molecule has 1 aliphatic carbocycles. The van der Waals surface area contributed by atoms with E-state index in [0.717, 1.165) is 23.7 Å². The van der Waals surface area contributed by atoms with Crippen LogP contribution >= 0.6 is 0 Å². The molecule has 0 aliphatic heterocycles. The molecule has 33 heavy (non-hydrogen) atoms. The van der Waals surface area contributed by atoms with Crippen LogP contribution in [0.5, 0.6) is 0 Å². The first-order chi connectivity index (χ1) is 16.1. The Morgan fingerprint density at radius 2 is 1.85 bits per heavy atom. The van der Waals surface area contributed by atoms with Gasteiger partial charge in [0.15, 0.2) is 0 Å². The molecular weight excluding hydrogens is 419 g/mol. The van der Waals surface area contributed by atoms with Crippen LogP contribution in [0.1, 0.15) is 33.8 Å². The highest BCUT2D eigenvalue weighted by Gasteiger charge is 2.43. The van der Waals surface area contributed by atoms with Gasteiger partial charge in [-0.25, -0.2) is 4.39 Å². The first kappa shape index (κ1) is 20.8. The standard InChI is InChI=1S/C26H21FN4O2/c27-24-15-29-14-19-7-8-20(10-22(19)24)31-26(33)23-11-21(23)17-3-5-18(6-4-17)25(32)30-13-16-2-1-9-28-12-16/h1-10,12,14-15,21,23H,11,13H2,(H,30,32)(H,31,33). The maximum atomic E-state index is 14.0. The highest BCUT2D eigenvalue weighted by Crippen LogP contribution is 2.48. The summed E-state index contributed by atoms with van der Waals surface area (Å²) in [5, 5.41) is 6.87. The fourth-order valence-electron chi connectivity index (χ4n) is 3.96. The minimum absolute atomic E-state index is 0.0906. The number of halogens is 1. The molecule has 0 spiro atoms. The van der Waals surface area contributed by atoms with Crippen molar-refractivity contribution in [1.82, 2.24) is 15.3 Å². The highest BCUT2D eigenvalue weighted by atomic mass is 19.1. The average Bonchev–Trinajstić information content (AvgIpc) is 3.65. The molecule has 2 N–H and O–H groups in total. The molecule has 2 aromatic carbocycles. The van der Waals surface area contributed by atoms with Crippen molar-refractivity contribution in [3.8, 4) is 0 Å². The lowest BCUT2D eigenvalue weighted by Crippen LogP contribution is -2.22. The van der Waals surface area contributed by atoms with Gasteiger partial charge < -0.3 is 10.6 Å². The van der Waals surface area contributed by atoms with Crippen molar-refractivity contribution in [2.24, 2.45) is 5.92 Å². The van der Waals surface area contributed by atoms with Crippen LogP contribution in [0, 0.1) is 11.7 Å². The maximum Gasteiger partial charge on any atom is 0.251 e. The third kappa shape index (κ3) is 4.57. The molecule has 0 bridgehead atoms. The molecule has 1 aliphatic rings. The average molecular weight is 440 g/mol. The van der Waals surface area contributed by atoms with Crippen LogP contribution in [-0.2, 0) is 11.3 Å². The number of pyridine rings is 2. The van der Waals surface area contributed by atoms with E-state index in [1.165, 1.54) is 0 Å². The smallest absolute Gasteiger partial charge is 0.251 e. The van der Waals surface area contributed by atoms with Gasteiger partial charge in [-0.2, -0.15) is 0 Å². The van der Waals surface area contributed by atoms with Crippen molar-refractivity contribution in [3.05, 3.63) is 102 Å². The molecule has 0 saturated heterocycles. The number of benzene rings is 2. The molecule has 0 radical (unpaired) electrons. The molecular formula is C26H21FN4O2. The quantitative estimate of drug-likeness (QED) is 0.464. The molecule has 2 atom stereocenters. The SMILES string of the molecule is O=C(NCc1cccnc1)c1ccc(C2CC2C(=O)Nc2ccc3cncc(F)c3c2)cc1. The Kier molecular flexibility index (Phi) is 5.52. The number of nitrogens with one attached hydrogen (secondary N) is 2. The molecule has 4 aromatic rings. The van der Waals surface area contributed by atoms with Gasteiger partial charge in [0.25, 0.3) is 5.91 Å². The number of nitrogens with zero attached hydrogens (tertiary/aromatic N) is 2. The molecule has 2 heterocycles. The second-order valence-electron chi connectivity index (χ2n) is 8.16. The van der Waals surface area contributed by atoms with Gasteiger partial charge in [0.05, 0.1) is 6.20 Å². The molecule has 2 unspecified atom stereocenters. The van der Waals surface area contributed by atoms with Crippen LogP contribution in [0.4, 0.5) is 10.1 Å². The lowest BCUT2D eigenvalue weighted by atomic mass is 10.1. The fraction of sp³-hybridized carbons (Fsp3) is 0.154. The third-order valence-corrected chi connectivity index (χ3v) is 5.88. The van der Waals surface area contributed by atoms with Crippen LogP contribution in [-0.4, -0.2) is 21.8 Å². The lowest BCUT2D eigenvalue weighted by molar-refractivity contribution is -0.117. The molecule has 5 rings (SSSR count). The van der Waals surface area contributed by atoms with E-state index in [4.69, 9.17) is 0 Å². The van der Waals surface area contributed by atoms with Crippen LogP contribution in [0.25, 0.3) is 10.8 Å². The number of hydrogen-bond donors (Lipinski definition) is 2. The Morgan fingerprint density at radius 1 is 1.00 bits per heavy atom. The van der Waals surface area contributed by atoms with E-state index >= 15 is 0 Å². The number of carbonyl (C=O) groups excluding carboxylic acids is 2. The van der Waals surface area contributed by atoms with Gasteiger partial charge in [-0.1, -0.05) is 24.3 Å². The van der Waals surface area contributed by atoms with Gasteiger partial charge in [-0.3, -0.25) is 19.6 Å². The Morgan fingerprint density at radius 3 is 2.64 bits per heavy atom. The number of anilines is 1. The van der Waals surface area contributed by atoms with Gasteiger partial charge >= 0.3 is 0 Å². The molecule has 2 aromatic heterocycles. The second-order valence-corrected chi connectivity index (χ2v) is 8.16. The Bertz CT molecular complexity index is 1330. The molecule has 2 amide bonds. The van der Waals surface area contributed by atoms with E-state index < -0.39 is 5.82 Å². The predicted octanol–water partition coefficient (Wildman–Crippen LogP) is 4.44. The van der Waals surface area contributed by atoms with E-state index in [1.807, 2.05) is 24.3 Å². The molecule has 164 valence electrons. The van der Waals surface area contributed by atoms with E-state index in [1.54, 1.807) is 48.9 Å². The lowest BCUT2D eigenvalue weighted by Gasteiger charge is -2.08. The van der Waals surface area contributed by atoms with Crippen molar-refractivity contribution < 1.29 is 14.0 Å². The third-order valence-electron chi connectivity index (χ3n) is 5.88. The van der Waals surface area contributed by atoms with Gasteiger partial charge in [0, 0.05) is 53.1 Å². The van der Waals surface area contributed by atoms with Gasteiger partial charge in [0.2, 0.25) is 5.91 Å². The van der Waals surface area contributed by atoms with Crippen LogP contribution in [0.3, 0.4) is 0 Å². The first-order valence-electron chi connectivity index (χ1n) is 10.7.